The van der Waals surface area contributed by atoms with Crippen LogP contribution in [-0.4, -0.2) is 11.5 Å². The third-order valence-corrected chi connectivity index (χ3v) is 3.07. The van der Waals surface area contributed by atoms with Gasteiger partial charge in [0.2, 0.25) is 0 Å². The molecule has 66 valence electrons. The summed E-state index contributed by atoms with van der Waals surface area (Å²) in [6.07, 6.45) is 2.34. The third-order valence-electron chi connectivity index (χ3n) is 2.06. The van der Waals surface area contributed by atoms with E-state index in [0.717, 1.165) is 18.0 Å². The van der Waals surface area contributed by atoms with Crippen molar-refractivity contribution in [2.24, 2.45) is 0 Å². The molecule has 0 unspecified atom stereocenters. The minimum Gasteiger partial charge on any atom is -0.308 e. The molecule has 1 aromatic heterocycles. The van der Waals surface area contributed by atoms with Crippen molar-refractivity contribution in [3.05, 3.63) is 16.1 Å². The van der Waals surface area contributed by atoms with E-state index in [9.17, 15) is 4.39 Å². The highest BCUT2D eigenvalue weighted by molar-refractivity contribution is 7.09. The average Bonchev–Trinajstić information content (AvgIpc) is 2.75. The molecule has 1 N–H and O–H groups in total. The Balaban J connectivity index is 2.11. The van der Waals surface area contributed by atoms with Crippen LogP contribution in [0.5, 0.6) is 0 Å². The molecule has 1 aliphatic rings. The van der Waals surface area contributed by atoms with Crippen LogP contribution in [0.4, 0.5) is 4.39 Å². The van der Waals surface area contributed by atoms with E-state index in [-0.39, 0.29) is 0 Å². The predicted octanol–water partition coefficient (Wildman–Crippen LogP) is 2.04. The number of halogens is 1. The van der Waals surface area contributed by atoms with Crippen LogP contribution in [0.3, 0.4) is 0 Å². The zero-order valence-electron chi connectivity index (χ0n) is 6.72. The highest BCUT2D eigenvalue weighted by Gasteiger charge is 2.18. The maximum absolute atomic E-state index is 12.1. The molecule has 0 saturated carbocycles. The largest absolute Gasteiger partial charge is 0.308 e. The lowest BCUT2D eigenvalue weighted by atomic mass is 10.2. The minimum absolute atomic E-state index is 0.385. The SMILES string of the molecule is FCc1csc([C@H]2CCCN2)n1. The first-order chi connectivity index (χ1) is 5.90. The molecular formula is C8H11FN2S. The number of thiazole rings is 1. The molecule has 0 aliphatic carbocycles. The Morgan fingerprint density at radius 2 is 2.67 bits per heavy atom. The van der Waals surface area contributed by atoms with Crippen LogP contribution in [0.25, 0.3) is 0 Å². The van der Waals surface area contributed by atoms with Crippen molar-refractivity contribution in [3.63, 3.8) is 0 Å². The molecule has 0 bridgehead atoms. The molecule has 12 heavy (non-hydrogen) atoms. The molecule has 0 amide bonds. The van der Waals surface area contributed by atoms with E-state index in [0.29, 0.717) is 11.7 Å². The van der Waals surface area contributed by atoms with E-state index in [1.54, 1.807) is 16.7 Å². The summed E-state index contributed by atoms with van der Waals surface area (Å²) in [6, 6.07) is 0.385. The van der Waals surface area contributed by atoms with Gasteiger partial charge in [0, 0.05) is 5.38 Å². The van der Waals surface area contributed by atoms with Crippen LogP contribution < -0.4 is 5.32 Å². The van der Waals surface area contributed by atoms with Crippen molar-refractivity contribution in [1.29, 1.82) is 0 Å². The van der Waals surface area contributed by atoms with Gasteiger partial charge in [0.1, 0.15) is 11.7 Å². The molecule has 0 spiro atoms. The van der Waals surface area contributed by atoms with Crippen LogP contribution >= 0.6 is 11.3 Å². The molecule has 2 heterocycles. The minimum atomic E-state index is -0.441. The van der Waals surface area contributed by atoms with Gasteiger partial charge in [-0.2, -0.15) is 0 Å². The van der Waals surface area contributed by atoms with E-state index < -0.39 is 6.67 Å². The summed E-state index contributed by atoms with van der Waals surface area (Å²) in [5.41, 5.74) is 0.573. The van der Waals surface area contributed by atoms with Crippen molar-refractivity contribution in [2.75, 3.05) is 6.54 Å². The van der Waals surface area contributed by atoms with Crippen molar-refractivity contribution < 1.29 is 4.39 Å². The van der Waals surface area contributed by atoms with Gasteiger partial charge in [-0.05, 0) is 19.4 Å². The van der Waals surface area contributed by atoms with Crippen molar-refractivity contribution >= 4 is 11.3 Å². The summed E-state index contributed by atoms with van der Waals surface area (Å²) in [6.45, 7) is 0.623. The Morgan fingerprint density at radius 1 is 1.75 bits per heavy atom. The van der Waals surface area contributed by atoms with Gasteiger partial charge in [-0.3, -0.25) is 0 Å². The maximum atomic E-state index is 12.1. The Kier molecular flexibility index (Phi) is 2.37. The van der Waals surface area contributed by atoms with Crippen LogP contribution in [0.15, 0.2) is 5.38 Å². The fourth-order valence-corrected chi connectivity index (χ4v) is 2.35. The van der Waals surface area contributed by atoms with E-state index >= 15 is 0 Å². The molecule has 1 aliphatic heterocycles. The molecule has 0 radical (unpaired) electrons. The summed E-state index contributed by atoms with van der Waals surface area (Å²) in [7, 11) is 0. The van der Waals surface area contributed by atoms with E-state index in [1.165, 1.54) is 6.42 Å². The van der Waals surface area contributed by atoms with Crippen LogP contribution in [-0.2, 0) is 6.67 Å². The van der Waals surface area contributed by atoms with Gasteiger partial charge in [-0.15, -0.1) is 11.3 Å². The van der Waals surface area contributed by atoms with Gasteiger partial charge in [0.25, 0.3) is 0 Å². The van der Waals surface area contributed by atoms with E-state index in [1.807, 2.05) is 0 Å². The lowest BCUT2D eigenvalue weighted by Gasteiger charge is -2.03. The summed E-state index contributed by atoms with van der Waals surface area (Å²) in [5.74, 6) is 0. The standard InChI is InChI=1S/C8H11FN2S/c9-4-6-5-12-8(11-6)7-2-1-3-10-7/h5,7,10H,1-4H2/t7-/m1/s1. The maximum Gasteiger partial charge on any atom is 0.132 e. The molecule has 1 saturated heterocycles. The van der Waals surface area contributed by atoms with Crippen LogP contribution in [0.2, 0.25) is 0 Å². The first kappa shape index (κ1) is 8.13. The Hall–Kier alpha value is -0.480. The second-order valence-corrected chi connectivity index (χ2v) is 3.85. The monoisotopic (exact) mass is 186 g/mol. The van der Waals surface area contributed by atoms with Crippen molar-refractivity contribution in [3.8, 4) is 0 Å². The molecule has 1 fully saturated rings. The fraction of sp³-hybridized carbons (Fsp3) is 0.625. The molecule has 2 nitrogen and oxygen atoms in total. The summed E-state index contributed by atoms with van der Waals surface area (Å²) >= 11 is 1.56. The molecule has 4 heteroatoms. The second kappa shape index (κ2) is 3.49. The average molecular weight is 186 g/mol. The van der Waals surface area contributed by atoms with Gasteiger partial charge in [0.05, 0.1) is 11.7 Å². The number of hydrogen-bond acceptors (Lipinski definition) is 3. The molecule has 1 atom stereocenters. The third kappa shape index (κ3) is 1.49. The smallest absolute Gasteiger partial charge is 0.132 e. The van der Waals surface area contributed by atoms with Gasteiger partial charge >= 0.3 is 0 Å². The second-order valence-electron chi connectivity index (χ2n) is 2.96. The first-order valence-electron chi connectivity index (χ1n) is 4.14. The first-order valence-corrected chi connectivity index (χ1v) is 5.02. The molecular weight excluding hydrogens is 175 g/mol. The number of rotatable bonds is 2. The number of hydrogen-bond donors (Lipinski definition) is 1. The van der Waals surface area contributed by atoms with Crippen LogP contribution in [0.1, 0.15) is 29.6 Å². The summed E-state index contributed by atoms with van der Waals surface area (Å²) in [5, 5.41) is 6.18. The number of alkyl halides is 1. The Labute approximate surface area is 74.8 Å². The summed E-state index contributed by atoms with van der Waals surface area (Å²) in [4.78, 5) is 4.19. The van der Waals surface area contributed by atoms with Crippen LogP contribution in [0, 0.1) is 0 Å². The lowest BCUT2D eigenvalue weighted by molar-refractivity contribution is 0.475. The molecule has 0 aromatic carbocycles. The zero-order valence-corrected chi connectivity index (χ0v) is 7.53. The zero-order chi connectivity index (χ0) is 8.39. The van der Waals surface area contributed by atoms with Gasteiger partial charge in [0.15, 0.2) is 0 Å². The molecule has 2 rings (SSSR count). The Morgan fingerprint density at radius 3 is 3.25 bits per heavy atom. The molecule has 1 aromatic rings. The van der Waals surface area contributed by atoms with E-state index in [4.69, 9.17) is 0 Å². The fourth-order valence-electron chi connectivity index (χ4n) is 1.44. The van der Waals surface area contributed by atoms with Gasteiger partial charge in [-0.25, -0.2) is 9.37 Å². The number of nitrogens with zero attached hydrogens (tertiary/aromatic N) is 1. The van der Waals surface area contributed by atoms with E-state index in [2.05, 4.69) is 10.3 Å². The van der Waals surface area contributed by atoms with Crippen molar-refractivity contribution in [1.82, 2.24) is 10.3 Å². The quantitative estimate of drug-likeness (QED) is 0.764. The topological polar surface area (TPSA) is 24.9 Å². The Bertz CT molecular complexity index is 255. The van der Waals surface area contributed by atoms with Gasteiger partial charge < -0.3 is 5.32 Å². The van der Waals surface area contributed by atoms with Gasteiger partial charge in [-0.1, -0.05) is 0 Å². The summed E-state index contributed by atoms with van der Waals surface area (Å²) < 4.78 is 12.1. The number of nitrogens with one attached hydrogen (secondary N) is 1. The lowest BCUT2D eigenvalue weighted by Crippen LogP contribution is -2.12. The number of aromatic nitrogens is 1. The predicted molar refractivity (Wildman–Crippen MR) is 46.9 cm³/mol. The highest BCUT2D eigenvalue weighted by Crippen LogP contribution is 2.25. The van der Waals surface area contributed by atoms with Crippen molar-refractivity contribution in [2.45, 2.75) is 25.6 Å². The normalized spacial score (nSPS) is 23.2. The highest BCUT2D eigenvalue weighted by atomic mass is 32.1.